The zero-order valence-corrected chi connectivity index (χ0v) is 8.13. The second kappa shape index (κ2) is 3.62. The summed E-state index contributed by atoms with van der Waals surface area (Å²) in [5, 5.41) is 0. The zero-order valence-electron chi connectivity index (χ0n) is 6.54. The van der Waals surface area contributed by atoms with Crippen molar-refractivity contribution in [2.24, 2.45) is 0 Å². The van der Waals surface area contributed by atoms with Crippen LogP contribution in [0.2, 0.25) is 0 Å². The van der Waals surface area contributed by atoms with Gasteiger partial charge in [-0.05, 0) is 15.9 Å². The van der Waals surface area contributed by atoms with Gasteiger partial charge in [0.15, 0.2) is 11.6 Å². The van der Waals surface area contributed by atoms with Crippen LogP contribution in [0.1, 0.15) is 23.8 Å². The molecule has 0 unspecified atom stereocenters. The van der Waals surface area contributed by atoms with Crippen molar-refractivity contribution in [3.8, 4) is 0 Å². The number of nitrogens with two attached hydrogens (primary N) is 1. The van der Waals surface area contributed by atoms with Gasteiger partial charge in [-0.3, -0.25) is 4.79 Å². The molecule has 2 N–H and O–H groups in total. The summed E-state index contributed by atoms with van der Waals surface area (Å²) in [7, 11) is 0. The van der Waals surface area contributed by atoms with Gasteiger partial charge in [0.05, 0.1) is 6.20 Å². The van der Waals surface area contributed by atoms with Crippen LogP contribution in [0.15, 0.2) is 10.8 Å². The van der Waals surface area contributed by atoms with Crippen LogP contribution >= 0.6 is 15.9 Å². The molecule has 0 bridgehead atoms. The highest BCUT2D eigenvalue weighted by atomic mass is 79.9. The Morgan fingerprint density at radius 2 is 2.42 bits per heavy atom. The lowest BCUT2D eigenvalue weighted by atomic mass is 10.2. The third-order valence-electron chi connectivity index (χ3n) is 1.36. The predicted octanol–water partition coefficient (Wildman–Crippen LogP) is 1.41. The zero-order chi connectivity index (χ0) is 9.14. The fraction of sp³-hybridized carbons (Fsp3) is 0.286. The van der Waals surface area contributed by atoms with Crippen molar-refractivity contribution in [1.82, 2.24) is 9.97 Å². The van der Waals surface area contributed by atoms with E-state index in [2.05, 4.69) is 25.9 Å². The summed E-state index contributed by atoms with van der Waals surface area (Å²) in [6, 6.07) is 0. The van der Waals surface area contributed by atoms with Gasteiger partial charge in [-0.2, -0.15) is 0 Å². The Labute approximate surface area is 78.3 Å². The molecule has 0 aliphatic carbocycles. The number of nitrogens with zero attached hydrogens (tertiary/aromatic N) is 2. The van der Waals surface area contributed by atoms with E-state index in [1.807, 2.05) is 0 Å². The van der Waals surface area contributed by atoms with Crippen molar-refractivity contribution in [2.45, 2.75) is 13.3 Å². The number of hydrogen-bond donors (Lipinski definition) is 1. The third kappa shape index (κ3) is 1.79. The van der Waals surface area contributed by atoms with E-state index < -0.39 is 0 Å². The SMILES string of the molecule is CCC(=O)c1nc(Br)cnc1N. The molecule has 0 fully saturated rings. The van der Waals surface area contributed by atoms with E-state index in [1.165, 1.54) is 6.20 Å². The smallest absolute Gasteiger partial charge is 0.184 e. The number of carbonyl (C=O) groups is 1. The van der Waals surface area contributed by atoms with Crippen LogP contribution in [0, 0.1) is 0 Å². The van der Waals surface area contributed by atoms with Gasteiger partial charge in [0.2, 0.25) is 0 Å². The van der Waals surface area contributed by atoms with Crippen molar-refractivity contribution in [3.63, 3.8) is 0 Å². The first-order chi connectivity index (χ1) is 5.65. The average Bonchev–Trinajstić information content (AvgIpc) is 2.08. The predicted molar refractivity (Wildman–Crippen MR) is 48.8 cm³/mol. The molecule has 1 aromatic heterocycles. The first-order valence-electron chi connectivity index (χ1n) is 3.46. The van der Waals surface area contributed by atoms with E-state index in [4.69, 9.17) is 5.73 Å². The summed E-state index contributed by atoms with van der Waals surface area (Å²) >= 11 is 3.11. The molecule has 0 aliphatic rings. The van der Waals surface area contributed by atoms with Crippen molar-refractivity contribution < 1.29 is 4.79 Å². The van der Waals surface area contributed by atoms with E-state index in [-0.39, 0.29) is 17.3 Å². The Kier molecular flexibility index (Phi) is 2.75. The fourth-order valence-corrected chi connectivity index (χ4v) is 1.03. The number of hydrogen-bond acceptors (Lipinski definition) is 4. The Morgan fingerprint density at radius 1 is 1.75 bits per heavy atom. The maximum atomic E-state index is 11.2. The highest BCUT2D eigenvalue weighted by Gasteiger charge is 2.10. The number of anilines is 1. The van der Waals surface area contributed by atoms with Gasteiger partial charge < -0.3 is 5.73 Å². The molecule has 0 saturated carbocycles. The summed E-state index contributed by atoms with van der Waals surface area (Å²) in [6.07, 6.45) is 1.84. The molecule has 1 heterocycles. The van der Waals surface area contributed by atoms with Crippen molar-refractivity contribution in [2.75, 3.05) is 5.73 Å². The van der Waals surface area contributed by atoms with Crippen LogP contribution in [0.3, 0.4) is 0 Å². The molecule has 0 spiro atoms. The monoisotopic (exact) mass is 229 g/mol. The lowest BCUT2D eigenvalue weighted by Gasteiger charge is -2.00. The largest absolute Gasteiger partial charge is 0.382 e. The quantitative estimate of drug-likeness (QED) is 0.780. The summed E-state index contributed by atoms with van der Waals surface area (Å²) in [4.78, 5) is 18.9. The first kappa shape index (κ1) is 9.12. The van der Waals surface area contributed by atoms with E-state index >= 15 is 0 Å². The van der Waals surface area contributed by atoms with Crippen LogP contribution < -0.4 is 5.73 Å². The molecule has 4 nitrogen and oxygen atoms in total. The van der Waals surface area contributed by atoms with Gasteiger partial charge in [0.25, 0.3) is 0 Å². The number of halogens is 1. The standard InChI is InChI=1S/C7H8BrN3O/c1-2-4(12)6-7(9)10-3-5(8)11-6/h3H,2H2,1H3,(H2,9,10). The highest BCUT2D eigenvalue weighted by molar-refractivity contribution is 9.10. The van der Waals surface area contributed by atoms with Crippen LogP contribution in [0.25, 0.3) is 0 Å². The minimum atomic E-state index is -0.0960. The maximum absolute atomic E-state index is 11.2. The van der Waals surface area contributed by atoms with Crippen LogP contribution in [0.4, 0.5) is 5.82 Å². The Morgan fingerprint density at radius 3 is 3.00 bits per heavy atom. The number of nitrogen functional groups attached to an aromatic ring is 1. The minimum absolute atomic E-state index is 0.0960. The molecule has 1 rings (SSSR count). The van der Waals surface area contributed by atoms with E-state index in [1.54, 1.807) is 6.92 Å². The second-order valence-electron chi connectivity index (χ2n) is 2.20. The maximum Gasteiger partial charge on any atom is 0.184 e. The summed E-state index contributed by atoms with van der Waals surface area (Å²) < 4.78 is 0.522. The van der Waals surface area contributed by atoms with Crippen LogP contribution in [-0.2, 0) is 0 Å². The van der Waals surface area contributed by atoms with Crippen LogP contribution in [-0.4, -0.2) is 15.8 Å². The normalized spacial score (nSPS) is 9.83. The van der Waals surface area contributed by atoms with Crippen LogP contribution in [0.5, 0.6) is 0 Å². The summed E-state index contributed by atoms with van der Waals surface area (Å²) in [6.45, 7) is 1.75. The van der Waals surface area contributed by atoms with Crippen molar-refractivity contribution in [1.29, 1.82) is 0 Å². The number of aromatic nitrogens is 2. The van der Waals surface area contributed by atoms with E-state index in [9.17, 15) is 4.79 Å². The molecule has 64 valence electrons. The minimum Gasteiger partial charge on any atom is -0.382 e. The van der Waals surface area contributed by atoms with E-state index in [0.717, 1.165) is 0 Å². The van der Waals surface area contributed by atoms with E-state index in [0.29, 0.717) is 11.0 Å². The van der Waals surface area contributed by atoms with Gasteiger partial charge in [0.1, 0.15) is 10.3 Å². The second-order valence-corrected chi connectivity index (χ2v) is 3.02. The number of ketones is 1. The molecule has 0 radical (unpaired) electrons. The molecule has 0 atom stereocenters. The summed E-state index contributed by atoms with van der Waals surface area (Å²) in [5.74, 6) is 0.0892. The van der Waals surface area contributed by atoms with Gasteiger partial charge in [-0.25, -0.2) is 9.97 Å². The van der Waals surface area contributed by atoms with Gasteiger partial charge in [-0.15, -0.1) is 0 Å². The van der Waals surface area contributed by atoms with Crippen molar-refractivity contribution >= 4 is 27.5 Å². The molecule has 0 aromatic carbocycles. The topological polar surface area (TPSA) is 68.9 Å². The first-order valence-corrected chi connectivity index (χ1v) is 4.25. The van der Waals surface area contributed by atoms with Gasteiger partial charge >= 0.3 is 0 Å². The molecule has 0 amide bonds. The molecule has 0 aliphatic heterocycles. The highest BCUT2D eigenvalue weighted by Crippen LogP contribution is 2.11. The number of Topliss-reactive ketones (excluding diaryl/α,β-unsaturated/α-hetero) is 1. The third-order valence-corrected chi connectivity index (χ3v) is 1.74. The fourth-order valence-electron chi connectivity index (χ4n) is 0.750. The Balaban J connectivity index is 3.13. The number of carbonyl (C=O) groups excluding carboxylic acids is 1. The Hall–Kier alpha value is -0.970. The Bertz CT molecular complexity index is 314. The summed E-state index contributed by atoms with van der Waals surface area (Å²) in [5.41, 5.74) is 5.69. The lowest BCUT2D eigenvalue weighted by molar-refractivity contribution is 0.0984. The molecular formula is C7H8BrN3O. The number of rotatable bonds is 2. The molecule has 1 aromatic rings. The lowest BCUT2D eigenvalue weighted by Crippen LogP contribution is -2.07. The van der Waals surface area contributed by atoms with Crippen molar-refractivity contribution in [3.05, 3.63) is 16.5 Å². The van der Waals surface area contributed by atoms with Gasteiger partial charge in [-0.1, -0.05) is 6.92 Å². The molecule has 0 saturated heterocycles. The van der Waals surface area contributed by atoms with Gasteiger partial charge in [0, 0.05) is 6.42 Å². The molecule has 12 heavy (non-hydrogen) atoms. The molecular weight excluding hydrogens is 222 g/mol. The molecule has 5 heteroatoms. The average molecular weight is 230 g/mol.